The minimum atomic E-state index is -0.337. The van der Waals surface area contributed by atoms with Crippen molar-refractivity contribution in [2.45, 2.75) is 100 Å². The third-order valence-electron chi connectivity index (χ3n) is 10.1. The van der Waals surface area contributed by atoms with Gasteiger partial charge in [-0.2, -0.15) is 11.3 Å². The number of ketones is 1. The molecule has 1 radical (unpaired) electrons. The summed E-state index contributed by atoms with van der Waals surface area (Å²) in [4.78, 5) is 18.2. The zero-order chi connectivity index (χ0) is 34.0. The molecule has 2 heterocycles. The molecule has 0 atom stereocenters. The van der Waals surface area contributed by atoms with Crippen LogP contribution in [0.1, 0.15) is 98.4 Å². The zero-order valence-corrected chi connectivity index (χ0v) is 32.7. The summed E-state index contributed by atoms with van der Waals surface area (Å²) in [6.45, 7) is 21.0. The van der Waals surface area contributed by atoms with Gasteiger partial charge in [0.2, 0.25) is 0 Å². The molecule has 5 rings (SSSR count). The molecule has 2 aromatic heterocycles. The van der Waals surface area contributed by atoms with Gasteiger partial charge in [0.25, 0.3) is 0 Å². The number of aromatic nitrogens is 1. The van der Waals surface area contributed by atoms with E-state index >= 15 is 0 Å². The molecule has 0 aliphatic heterocycles. The standard InChI is InChI=1S/C26H21FNS.C15H28O2.Ir/c1-15-12-17-13-16(14-22(25(17)29-15)26(2,3)4)24-21-9-8-20-18(6-5-7-23(20)27)19(21)10-11-28-24;1-7-14(5,8-2)12(16)11-13(17)15(6,9-3)10-4;/h5-12,14H,1-4H3;11,16H,7-10H2,1-6H3;/q-1;;/b;12-11-;. The van der Waals surface area contributed by atoms with Crippen LogP contribution in [0.25, 0.3) is 42.9 Å². The van der Waals surface area contributed by atoms with Crippen LogP contribution >= 0.6 is 11.3 Å². The third-order valence-corrected chi connectivity index (χ3v) is 11.2. The first-order valence-electron chi connectivity index (χ1n) is 16.5. The van der Waals surface area contributed by atoms with Gasteiger partial charge in [-0.05, 0) is 75.9 Å². The Morgan fingerprint density at radius 2 is 1.47 bits per heavy atom. The number of aliphatic hydroxyl groups excluding tert-OH is 1. The van der Waals surface area contributed by atoms with Crippen LogP contribution < -0.4 is 0 Å². The normalized spacial score (nSPS) is 12.6. The summed E-state index contributed by atoms with van der Waals surface area (Å²) in [6, 6.07) is 19.1. The van der Waals surface area contributed by atoms with Crippen molar-refractivity contribution in [3.05, 3.63) is 88.9 Å². The van der Waals surface area contributed by atoms with Crippen molar-refractivity contribution in [1.82, 2.24) is 4.98 Å². The summed E-state index contributed by atoms with van der Waals surface area (Å²) in [5, 5.41) is 14.9. The van der Waals surface area contributed by atoms with E-state index in [9.17, 15) is 14.3 Å². The van der Waals surface area contributed by atoms with E-state index in [1.54, 1.807) is 6.07 Å². The van der Waals surface area contributed by atoms with Crippen molar-refractivity contribution in [3.63, 3.8) is 0 Å². The molecule has 0 aliphatic carbocycles. The van der Waals surface area contributed by atoms with E-state index in [0.29, 0.717) is 5.39 Å². The number of rotatable bonds is 8. The number of benzene rings is 3. The van der Waals surface area contributed by atoms with Crippen molar-refractivity contribution in [2.24, 2.45) is 10.8 Å². The molecule has 5 aromatic rings. The van der Waals surface area contributed by atoms with Gasteiger partial charge in [-0.1, -0.05) is 97.7 Å². The van der Waals surface area contributed by atoms with E-state index in [1.165, 1.54) is 27.3 Å². The van der Waals surface area contributed by atoms with Gasteiger partial charge in [0, 0.05) is 54.3 Å². The number of pyridine rings is 1. The van der Waals surface area contributed by atoms with Crippen LogP contribution in [-0.4, -0.2) is 15.9 Å². The van der Waals surface area contributed by atoms with Crippen LogP contribution in [-0.2, 0) is 30.3 Å². The van der Waals surface area contributed by atoms with Gasteiger partial charge in [0.1, 0.15) is 11.6 Å². The summed E-state index contributed by atoms with van der Waals surface area (Å²) in [6.07, 6.45) is 6.57. The molecule has 0 saturated carbocycles. The van der Waals surface area contributed by atoms with Gasteiger partial charge in [-0.15, -0.1) is 23.6 Å². The number of hydrogen-bond acceptors (Lipinski definition) is 4. The molecule has 3 aromatic carbocycles. The Balaban J connectivity index is 0.000000290. The quantitative estimate of drug-likeness (QED) is 0.0733. The summed E-state index contributed by atoms with van der Waals surface area (Å²) < 4.78 is 15.6. The van der Waals surface area contributed by atoms with Gasteiger partial charge in [0.05, 0.1) is 0 Å². The molecular formula is C41H49FIrNO2S-. The van der Waals surface area contributed by atoms with E-state index in [0.717, 1.165) is 58.5 Å². The van der Waals surface area contributed by atoms with Gasteiger partial charge in [-0.25, -0.2) is 4.39 Å². The summed E-state index contributed by atoms with van der Waals surface area (Å²) in [7, 11) is 0. The summed E-state index contributed by atoms with van der Waals surface area (Å²) in [5.74, 6) is 0.0910. The number of hydrogen-bond donors (Lipinski definition) is 1. The Hall–Kier alpha value is -2.92. The molecule has 0 bridgehead atoms. The largest absolute Gasteiger partial charge is 0.512 e. The average molecular weight is 831 g/mol. The predicted molar refractivity (Wildman–Crippen MR) is 195 cm³/mol. The molecule has 1 N–H and O–H groups in total. The first-order chi connectivity index (χ1) is 21.6. The van der Waals surface area contributed by atoms with Crippen LogP contribution in [0.5, 0.6) is 0 Å². The minimum absolute atomic E-state index is 0. The number of fused-ring (bicyclic) bond motifs is 4. The Labute approximate surface area is 298 Å². The number of nitrogens with zero attached hydrogens (tertiary/aromatic N) is 1. The van der Waals surface area contributed by atoms with Crippen LogP contribution in [0.3, 0.4) is 0 Å². The molecule has 0 fully saturated rings. The van der Waals surface area contributed by atoms with Crippen molar-refractivity contribution in [3.8, 4) is 11.3 Å². The van der Waals surface area contributed by atoms with Gasteiger partial charge in [0.15, 0.2) is 5.78 Å². The number of thiophene rings is 1. The molecule has 0 spiro atoms. The number of allylic oxidation sites excluding steroid dienone is 2. The maximum atomic E-state index is 14.3. The maximum Gasteiger partial charge on any atom is 0.164 e. The van der Waals surface area contributed by atoms with E-state index in [-0.39, 0.29) is 53.7 Å². The van der Waals surface area contributed by atoms with E-state index in [2.05, 4.69) is 45.9 Å². The van der Waals surface area contributed by atoms with Crippen LogP contribution in [0.2, 0.25) is 0 Å². The Morgan fingerprint density at radius 1 is 0.872 bits per heavy atom. The van der Waals surface area contributed by atoms with Crippen molar-refractivity contribution < 1.29 is 34.4 Å². The maximum absolute atomic E-state index is 14.3. The second kappa shape index (κ2) is 15.1. The predicted octanol–water partition coefficient (Wildman–Crippen LogP) is 12.5. The second-order valence-corrected chi connectivity index (χ2v) is 15.3. The first-order valence-corrected chi connectivity index (χ1v) is 17.3. The molecule has 0 amide bonds. The fourth-order valence-electron chi connectivity index (χ4n) is 5.77. The Kier molecular flexibility index (Phi) is 12.4. The number of aliphatic hydroxyl groups is 1. The van der Waals surface area contributed by atoms with Crippen molar-refractivity contribution in [1.29, 1.82) is 0 Å². The molecule has 47 heavy (non-hydrogen) atoms. The van der Waals surface area contributed by atoms with Crippen LogP contribution in [0.4, 0.5) is 4.39 Å². The van der Waals surface area contributed by atoms with Crippen LogP contribution in [0.15, 0.2) is 66.6 Å². The summed E-state index contributed by atoms with van der Waals surface area (Å²) >= 11 is 1.82. The number of carbonyl (C=O) groups excluding carboxylic acids is 1. The fourth-order valence-corrected chi connectivity index (χ4v) is 6.96. The minimum Gasteiger partial charge on any atom is -0.512 e. The Bertz CT molecular complexity index is 1910. The topological polar surface area (TPSA) is 50.2 Å². The van der Waals surface area contributed by atoms with Gasteiger partial charge >= 0.3 is 0 Å². The third kappa shape index (κ3) is 7.88. The van der Waals surface area contributed by atoms with E-state index < -0.39 is 0 Å². The first kappa shape index (κ1) is 38.5. The van der Waals surface area contributed by atoms with Gasteiger partial charge in [-0.3, -0.25) is 9.78 Å². The molecule has 0 unspecified atom stereocenters. The molecule has 253 valence electrons. The average Bonchev–Trinajstić information content (AvgIpc) is 3.42. The van der Waals surface area contributed by atoms with Crippen molar-refractivity contribution >= 4 is 48.8 Å². The van der Waals surface area contributed by atoms with E-state index in [4.69, 9.17) is 4.98 Å². The molecule has 6 heteroatoms. The molecular weight excluding hydrogens is 782 g/mol. The SMILES string of the molecule is CCC(C)(CC)C(=O)/C=C(\O)C(C)(CC)CC.Cc1cc2[c-]c(-c3nccc4c3ccc3c(F)cccc34)cc(C(C)(C)C)c2s1.[Ir]. The van der Waals surface area contributed by atoms with E-state index in [1.807, 2.05) is 83.3 Å². The number of halogens is 1. The second-order valence-electron chi connectivity index (χ2n) is 14.0. The molecule has 3 nitrogen and oxygen atoms in total. The van der Waals surface area contributed by atoms with Gasteiger partial charge < -0.3 is 5.11 Å². The smallest absolute Gasteiger partial charge is 0.164 e. The van der Waals surface area contributed by atoms with Crippen molar-refractivity contribution in [2.75, 3.05) is 0 Å². The van der Waals surface area contributed by atoms with Crippen LogP contribution in [0, 0.1) is 29.6 Å². The molecule has 0 aliphatic rings. The Morgan fingerprint density at radius 3 is 2.06 bits per heavy atom. The zero-order valence-electron chi connectivity index (χ0n) is 29.5. The number of carbonyl (C=O) groups is 1. The fraction of sp³-hybridized carbons (Fsp3) is 0.415. The number of aryl methyl sites for hydroxylation is 1. The molecule has 0 saturated heterocycles. The summed E-state index contributed by atoms with van der Waals surface area (Å²) in [5.41, 5.74) is 2.60. The monoisotopic (exact) mass is 831 g/mol.